The lowest BCUT2D eigenvalue weighted by atomic mass is 10.0. The van der Waals surface area contributed by atoms with Gasteiger partial charge in [-0.15, -0.1) is 0 Å². The molecule has 0 bridgehead atoms. The van der Waals surface area contributed by atoms with Crippen LogP contribution in [-0.4, -0.2) is 16.0 Å². The summed E-state index contributed by atoms with van der Waals surface area (Å²) >= 11 is 3.03. The lowest BCUT2D eigenvalue weighted by Crippen LogP contribution is -2.06. The van der Waals surface area contributed by atoms with E-state index < -0.39 is 23.1 Å². The molecule has 0 aliphatic rings. The average molecular weight is 292 g/mol. The number of aliphatic carboxylic acids is 1. The van der Waals surface area contributed by atoms with Crippen LogP contribution in [0.3, 0.4) is 0 Å². The Morgan fingerprint density at radius 3 is 2.62 bits per heavy atom. The van der Waals surface area contributed by atoms with E-state index in [9.17, 15) is 19.3 Å². The van der Waals surface area contributed by atoms with Crippen LogP contribution in [-0.2, 0) is 16.5 Å². The maximum Gasteiger partial charge on any atom is 0.307 e. The fourth-order valence-corrected chi connectivity index (χ4v) is 1.75. The Morgan fingerprint density at radius 2 is 2.19 bits per heavy atom. The summed E-state index contributed by atoms with van der Waals surface area (Å²) in [6.45, 7) is 0. The van der Waals surface area contributed by atoms with Crippen molar-refractivity contribution in [3.05, 3.63) is 39.2 Å². The smallest absolute Gasteiger partial charge is 0.307 e. The molecule has 1 rings (SSSR count). The van der Waals surface area contributed by atoms with Crippen LogP contribution in [0.25, 0.3) is 0 Å². The van der Waals surface area contributed by atoms with E-state index in [0.29, 0.717) is 0 Å². The van der Waals surface area contributed by atoms with Crippen molar-refractivity contribution in [2.75, 3.05) is 0 Å². The van der Waals surface area contributed by atoms with Crippen LogP contribution in [0.4, 0.5) is 10.1 Å². The number of hydrogen-bond donors (Lipinski definition) is 1. The molecule has 0 atom stereocenters. The molecule has 0 amide bonds. The number of nitro groups is 1. The fraction of sp³-hybridized carbons (Fsp3) is 0.222. The summed E-state index contributed by atoms with van der Waals surface area (Å²) in [6, 6.07) is 1.89. The van der Waals surface area contributed by atoms with Crippen LogP contribution in [0.2, 0.25) is 0 Å². The minimum absolute atomic E-state index is 0.0324. The molecule has 0 aliphatic carbocycles. The summed E-state index contributed by atoms with van der Waals surface area (Å²) in [5, 5.41) is 19.2. The third kappa shape index (κ3) is 2.75. The molecule has 0 saturated heterocycles. The van der Waals surface area contributed by atoms with Crippen molar-refractivity contribution in [3.63, 3.8) is 0 Å². The summed E-state index contributed by atoms with van der Waals surface area (Å²) in [5.74, 6) is -2.05. The van der Waals surface area contributed by atoms with Gasteiger partial charge in [0.1, 0.15) is 5.82 Å². The van der Waals surface area contributed by atoms with Gasteiger partial charge in [0.2, 0.25) is 0 Å². The van der Waals surface area contributed by atoms with Gasteiger partial charge in [0.25, 0.3) is 5.69 Å². The quantitative estimate of drug-likeness (QED) is 0.524. The Balaban J connectivity index is 3.28. The predicted molar refractivity (Wildman–Crippen MR) is 57.0 cm³/mol. The van der Waals surface area contributed by atoms with Crippen LogP contribution in [0.1, 0.15) is 11.1 Å². The molecule has 86 valence electrons. The van der Waals surface area contributed by atoms with Gasteiger partial charge in [0, 0.05) is 17.0 Å². The van der Waals surface area contributed by atoms with E-state index in [4.69, 9.17) is 5.11 Å². The van der Waals surface area contributed by atoms with Gasteiger partial charge in [-0.25, -0.2) is 4.39 Å². The van der Waals surface area contributed by atoms with Gasteiger partial charge in [-0.3, -0.25) is 14.9 Å². The lowest BCUT2D eigenvalue weighted by molar-refractivity contribution is -0.385. The summed E-state index contributed by atoms with van der Waals surface area (Å²) < 4.78 is 13.4. The number of carboxylic acids is 1. The number of halogens is 2. The van der Waals surface area contributed by atoms with E-state index in [1.165, 1.54) is 0 Å². The zero-order valence-corrected chi connectivity index (χ0v) is 9.53. The predicted octanol–water partition coefficient (Wildman–Crippen LogP) is 2.26. The number of nitro benzene ring substituents is 1. The first-order chi connectivity index (χ1) is 7.45. The molecular formula is C9H7BrFNO4. The number of hydrogen-bond acceptors (Lipinski definition) is 3. The number of nitrogens with zero attached hydrogens (tertiary/aromatic N) is 1. The summed E-state index contributed by atoms with van der Waals surface area (Å²) in [7, 11) is 0. The number of carbonyl (C=O) groups is 1. The molecule has 0 spiro atoms. The van der Waals surface area contributed by atoms with Gasteiger partial charge in [-0.1, -0.05) is 15.9 Å². The Morgan fingerprint density at radius 1 is 1.56 bits per heavy atom. The Kier molecular flexibility index (Phi) is 3.94. The van der Waals surface area contributed by atoms with Crippen molar-refractivity contribution < 1.29 is 19.2 Å². The van der Waals surface area contributed by atoms with Crippen molar-refractivity contribution in [2.45, 2.75) is 11.8 Å². The molecule has 1 N–H and O–H groups in total. The summed E-state index contributed by atoms with van der Waals surface area (Å²) in [5.41, 5.74) is -0.148. The monoisotopic (exact) mass is 291 g/mol. The van der Waals surface area contributed by atoms with E-state index in [0.717, 1.165) is 12.1 Å². The number of rotatable bonds is 4. The fourth-order valence-electron chi connectivity index (χ4n) is 1.25. The molecule has 0 radical (unpaired) electrons. The SMILES string of the molecule is O=C(O)Cc1c(F)cc([N+](=O)[O-])cc1CBr. The lowest BCUT2D eigenvalue weighted by Gasteiger charge is -2.06. The molecule has 0 heterocycles. The Labute approximate surface area is 98.2 Å². The molecule has 0 aromatic heterocycles. The van der Waals surface area contributed by atoms with Crippen molar-refractivity contribution in [1.29, 1.82) is 0 Å². The zero-order chi connectivity index (χ0) is 12.3. The van der Waals surface area contributed by atoms with E-state index >= 15 is 0 Å². The van der Waals surface area contributed by atoms with Gasteiger partial charge in [-0.05, 0) is 5.56 Å². The summed E-state index contributed by atoms with van der Waals surface area (Å²) in [4.78, 5) is 20.2. The van der Waals surface area contributed by atoms with Gasteiger partial charge >= 0.3 is 5.97 Å². The second-order valence-electron chi connectivity index (χ2n) is 3.03. The molecule has 16 heavy (non-hydrogen) atoms. The minimum Gasteiger partial charge on any atom is -0.481 e. The largest absolute Gasteiger partial charge is 0.481 e. The highest BCUT2D eigenvalue weighted by Crippen LogP contribution is 2.24. The highest BCUT2D eigenvalue weighted by atomic mass is 79.9. The number of non-ortho nitro benzene ring substituents is 1. The van der Waals surface area contributed by atoms with Crippen LogP contribution in [0.15, 0.2) is 12.1 Å². The first-order valence-electron chi connectivity index (χ1n) is 4.19. The highest BCUT2D eigenvalue weighted by Gasteiger charge is 2.17. The van der Waals surface area contributed by atoms with E-state index in [1.54, 1.807) is 0 Å². The molecular weight excluding hydrogens is 285 g/mol. The molecule has 1 aromatic rings. The topological polar surface area (TPSA) is 80.4 Å². The second kappa shape index (κ2) is 5.02. The van der Waals surface area contributed by atoms with Crippen LogP contribution in [0, 0.1) is 15.9 Å². The summed E-state index contributed by atoms with van der Waals surface area (Å²) in [6.07, 6.45) is -0.495. The Bertz CT molecular complexity index is 449. The van der Waals surface area contributed by atoms with Crippen molar-refractivity contribution >= 4 is 27.6 Å². The van der Waals surface area contributed by atoms with Crippen molar-refractivity contribution in [1.82, 2.24) is 0 Å². The van der Waals surface area contributed by atoms with Gasteiger partial charge < -0.3 is 5.11 Å². The third-order valence-electron chi connectivity index (χ3n) is 1.96. The molecule has 0 fully saturated rings. The number of benzene rings is 1. The maximum absolute atomic E-state index is 13.4. The van der Waals surface area contributed by atoms with Crippen LogP contribution >= 0.6 is 15.9 Å². The second-order valence-corrected chi connectivity index (χ2v) is 3.59. The highest BCUT2D eigenvalue weighted by molar-refractivity contribution is 9.08. The maximum atomic E-state index is 13.4. The third-order valence-corrected chi connectivity index (χ3v) is 2.56. The van der Waals surface area contributed by atoms with Crippen molar-refractivity contribution in [2.24, 2.45) is 0 Å². The zero-order valence-electron chi connectivity index (χ0n) is 7.94. The molecule has 0 unspecified atom stereocenters. The number of carboxylic acid groups (broad SMARTS) is 1. The van der Waals surface area contributed by atoms with Crippen LogP contribution < -0.4 is 0 Å². The standard InChI is InChI=1S/C9H7BrFNO4/c10-4-5-1-6(12(15)16)2-8(11)7(5)3-9(13)14/h1-2H,3-4H2,(H,13,14). The molecule has 7 heteroatoms. The van der Waals surface area contributed by atoms with Gasteiger partial charge in [0.15, 0.2) is 0 Å². The average Bonchev–Trinajstić information content (AvgIpc) is 2.19. The van der Waals surface area contributed by atoms with Gasteiger partial charge in [-0.2, -0.15) is 0 Å². The first kappa shape index (κ1) is 12.6. The van der Waals surface area contributed by atoms with E-state index in [2.05, 4.69) is 15.9 Å². The molecule has 1 aromatic carbocycles. The first-order valence-corrected chi connectivity index (χ1v) is 5.31. The normalized spacial score (nSPS) is 10.1. The van der Waals surface area contributed by atoms with E-state index in [-0.39, 0.29) is 22.1 Å². The number of alkyl halides is 1. The minimum atomic E-state index is -1.19. The molecule has 5 nitrogen and oxygen atoms in total. The molecule has 0 aliphatic heterocycles. The van der Waals surface area contributed by atoms with E-state index in [1.807, 2.05) is 0 Å². The van der Waals surface area contributed by atoms with Gasteiger partial charge in [0.05, 0.1) is 17.4 Å². The van der Waals surface area contributed by atoms with Crippen LogP contribution in [0.5, 0.6) is 0 Å². The Hall–Kier alpha value is -1.50. The van der Waals surface area contributed by atoms with Crippen molar-refractivity contribution in [3.8, 4) is 0 Å². The molecule has 0 saturated carbocycles.